The van der Waals surface area contributed by atoms with Crippen molar-refractivity contribution >= 4 is 28.6 Å². The van der Waals surface area contributed by atoms with Crippen LogP contribution in [0.1, 0.15) is 5.56 Å². The number of hydrogen-bond acceptors (Lipinski definition) is 7. The number of nitrogens with two attached hydrogens (primary N) is 1. The van der Waals surface area contributed by atoms with Crippen LogP contribution in [0.4, 0.5) is 5.82 Å². The molecule has 21 heavy (non-hydrogen) atoms. The molecule has 2 aromatic rings. The van der Waals surface area contributed by atoms with Gasteiger partial charge in [0.25, 0.3) is 0 Å². The summed E-state index contributed by atoms with van der Waals surface area (Å²) in [7, 11) is 1.89. The molecule has 0 aliphatic carbocycles. The van der Waals surface area contributed by atoms with Crippen molar-refractivity contribution in [3.8, 4) is 0 Å². The molecule has 0 fully saturated rings. The normalized spacial score (nSPS) is 14.7. The summed E-state index contributed by atoms with van der Waals surface area (Å²) in [6.07, 6.45) is 3.69. The number of anilines is 1. The van der Waals surface area contributed by atoms with Gasteiger partial charge in [0, 0.05) is 30.6 Å². The van der Waals surface area contributed by atoms with Gasteiger partial charge in [0.1, 0.15) is 11.8 Å². The van der Waals surface area contributed by atoms with Gasteiger partial charge in [-0.3, -0.25) is 4.90 Å². The van der Waals surface area contributed by atoms with Crippen molar-refractivity contribution in [2.24, 2.45) is 0 Å². The lowest BCUT2D eigenvalue weighted by Crippen LogP contribution is -2.38. The van der Waals surface area contributed by atoms with Crippen LogP contribution in [0.5, 0.6) is 0 Å². The number of aliphatic hydroxyl groups is 2. The van der Waals surface area contributed by atoms with Crippen LogP contribution < -0.4 is 5.73 Å². The van der Waals surface area contributed by atoms with E-state index in [0.29, 0.717) is 24.7 Å². The third kappa shape index (κ3) is 3.85. The Morgan fingerprint density at radius 1 is 1.38 bits per heavy atom. The first-order chi connectivity index (χ1) is 10.0. The third-order valence-corrected chi connectivity index (χ3v) is 3.97. The first-order valence-electron chi connectivity index (χ1n) is 6.63. The molecular formula is C13H21N5O2S. The topological polar surface area (TPSA) is 111 Å². The molecule has 7 nitrogen and oxygen atoms in total. The van der Waals surface area contributed by atoms with Gasteiger partial charge < -0.3 is 20.9 Å². The van der Waals surface area contributed by atoms with Crippen LogP contribution in [0, 0.1) is 0 Å². The zero-order chi connectivity index (χ0) is 15.4. The van der Waals surface area contributed by atoms with E-state index in [9.17, 15) is 10.2 Å². The summed E-state index contributed by atoms with van der Waals surface area (Å²) >= 11 is 1.51. The van der Waals surface area contributed by atoms with Gasteiger partial charge in [0.2, 0.25) is 0 Å². The molecule has 2 rings (SSSR count). The molecule has 0 aliphatic heterocycles. The summed E-state index contributed by atoms with van der Waals surface area (Å²) in [4.78, 5) is 13.2. The lowest BCUT2D eigenvalue weighted by molar-refractivity contribution is 0.0137. The molecule has 116 valence electrons. The Balaban J connectivity index is 2.01. The Labute approximate surface area is 127 Å². The smallest absolute Gasteiger partial charge is 0.151 e. The van der Waals surface area contributed by atoms with Crippen molar-refractivity contribution in [2.75, 3.05) is 31.3 Å². The van der Waals surface area contributed by atoms with E-state index in [-0.39, 0.29) is 0 Å². The number of fused-ring (bicyclic) bond motifs is 1. The lowest BCUT2D eigenvalue weighted by Gasteiger charge is -2.23. The fourth-order valence-corrected chi connectivity index (χ4v) is 2.78. The summed E-state index contributed by atoms with van der Waals surface area (Å²) < 4.78 is 0. The van der Waals surface area contributed by atoms with E-state index in [4.69, 9.17) is 5.73 Å². The van der Waals surface area contributed by atoms with Gasteiger partial charge in [0.05, 0.1) is 17.7 Å². The van der Waals surface area contributed by atoms with Crippen LogP contribution in [0.3, 0.4) is 0 Å². The van der Waals surface area contributed by atoms with E-state index in [1.807, 2.05) is 24.4 Å². The average molecular weight is 311 g/mol. The van der Waals surface area contributed by atoms with Crippen LogP contribution in [0.2, 0.25) is 0 Å². The molecule has 0 aromatic carbocycles. The molecule has 0 aliphatic rings. The Hall–Kier alpha value is -1.35. The van der Waals surface area contributed by atoms with Crippen molar-refractivity contribution in [3.05, 3.63) is 18.1 Å². The number of nitrogens with one attached hydrogen (secondary N) is 1. The molecule has 0 saturated carbocycles. The molecular weight excluding hydrogens is 290 g/mol. The average Bonchev–Trinajstić information content (AvgIpc) is 2.83. The lowest BCUT2D eigenvalue weighted by atomic mass is 10.2. The van der Waals surface area contributed by atoms with Crippen LogP contribution in [-0.4, -0.2) is 67.9 Å². The number of likely N-dealkylation sites (N-methyl/N-ethyl adjacent to an activating group) is 1. The van der Waals surface area contributed by atoms with E-state index in [0.717, 1.165) is 16.6 Å². The molecule has 2 aromatic heterocycles. The minimum Gasteiger partial charge on any atom is -0.390 e. The van der Waals surface area contributed by atoms with Crippen molar-refractivity contribution in [3.63, 3.8) is 0 Å². The van der Waals surface area contributed by atoms with E-state index in [1.165, 1.54) is 18.1 Å². The van der Waals surface area contributed by atoms with Crippen LogP contribution in [0.25, 0.3) is 11.0 Å². The van der Waals surface area contributed by atoms with Crippen LogP contribution in [0.15, 0.2) is 12.5 Å². The second kappa shape index (κ2) is 7.08. The van der Waals surface area contributed by atoms with Gasteiger partial charge in [-0.25, -0.2) is 9.97 Å². The number of rotatable bonds is 7. The highest BCUT2D eigenvalue weighted by Gasteiger charge is 2.18. The van der Waals surface area contributed by atoms with Gasteiger partial charge in [-0.1, -0.05) is 0 Å². The van der Waals surface area contributed by atoms with Gasteiger partial charge in [0.15, 0.2) is 5.82 Å². The van der Waals surface area contributed by atoms with Crippen LogP contribution in [-0.2, 0) is 6.54 Å². The third-order valence-electron chi connectivity index (χ3n) is 3.29. The maximum atomic E-state index is 9.95. The zero-order valence-corrected chi connectivity index (χ0v) is 13.0. The standard InChI is InChI=1S/C13H21N5O2S/c1-18(5-9(19)10(20)6-21-2)4-8-3-15-12-11(8)16-7-17-13(12)14/h3,7,9-10,15,19-20H,4-6H2,1-2H3,(H2,14,16,17)/t9-,10+/m0/s1. The quantitative estimate of drug-likeness (QED) is 0.572. The predicted octanol–water partition coefficient (Wildman–Crippen LogP) is 0.0567. The highest BCUT2D eigenvalue weighted by atomic mass is 32.2. The maximum Gasteiger partial charge on any atom is 0.151 e. The van der Waals surface area contributed by atoms with E-state index in [1.54, 1.807) is 0 Å². The van der Waals surface area contributed by atoms with E-state index < -0.39 is 12.2 Å². The largest absolute Gasteiger partial charge is 0.390 e. The Kier molecular flexibility index (Phi) is 5.40. The molecule has 0 radical (unpaired) electrons. The first kappa shape index (κ1) is 16.0. The monoisotopic (exact) mass is 311 g/mol. The van der Waals surface area contributed by atoms with Gasteiger partial charge in [-0.05, 0) is 13.3 Å². The fourth-order valence-electron chi connectivity index (χ4n) is 2.21. The summed E-state index contributed by atoms with van der Waals surface area (Å²) in [6, 6.07) is 0. The maximum absolute atomic E-state index is 9.95. The Morgan fingerprint density at radius 3 is 2.86 bits per heavy atom. The number of nitrogen functional groups attached to an aromatic ring is 1. The number of nitrogens with zero attached hydrogens (tertiary/aromatic N) is 3. The second-order valence-electron chi connectivity index (χ2n) is 5.08. The molecule has 0 saturated heterocycles. The van der Waals surface area contributed by atoms with Gasteiger partial charge in [-0.2, -0.15) is 11.8 Å². The predicted molar refractivity (Wildman–Crippen MR) is 85.0 cm³/mol. The summed E-state index contributed by atoms with van der Waals surface area (Å²) in [5.41, 5.74) is 8.27. The molecule has 0 amide bonds. The number of aliphatic hydroxyl groups excluding tert-OH is 2. The van der Waals surface area contributed by atoms with Crippen LogP contribution >= 0.6 is 11.8 Å². The SMILES string of the molecule is CSC[C@@H](O)[C@@H](O)CN(C)Cc1c[nH]c2c(N)ncnc12. The molecule has 2 atom stereocenters. The zero-order valence-electron chi connectivity index (χ0n) is 12.2. The Morgan fingerprint density at radius 2 is 2.14 bits per heavy atom. The minimum absolute atomic E-state index is 0.384. The molecule has 5 N–H and O–H groups in total. The van der Waals surface area contributed by atoms with E-state index in [2.05, 4.69) is 15.0 Å². The molecule has 0 unspecified atom stereocenters. The second-order valence-corrected chi connectivity index (χ2v) is 5.99. The highest BCUT2D eigenvalue weighted by molar-refractivity contribution is 7.98. The first-order valence-corrected chi connectivity index (χ1v) is 8.02. The van der Waals surface area contributed by atoms with Crippen molar-refractivity contribution in [2.45, 2.75) is 18.8 Å². The minimum atomic E-state index is -0.771. The number of thioether (sulfide) groups is 1. The highest BCUT2D eigenvalue weighted by Crippen LogP contribution is 2.20. The van der Waals surface area contributed by atoms with Crippen molar-refractivity contribution in [1.82, 2.24) is 19.9 Å². The number of hydrogen-bond donors (Lipinski definition) is 4. The van der Waals surface area contributed by atoms with Crippen molar-refractivity contribution < 1.29 is 10.2 Å². The number of aromatic nitrogens is 3. The molecule has 2 heterocycles. The Bertz CT molecular complexity index is 591. The summed E-state index contributed by atoms with van der Waals surface area (Å²) in [5, 5.41) is 19.7. The summed E-state index contributed by atoms with van der Waals surface area (Å²) in [6.45, 7) is 0.981. The summed E-state index contributed by atoms with van der Waals surface area (Å²) in [5.74, 6) is 0.940. The molecule has 0 spiro atoms. The van der Waals surface area contributed by atoms with Crippen molar-refractivity contribution in [1.29, 1.82) is 0 Å². The van der Waals surface area contributed by atoms with Gasteiger partial charge in [-0.15, -0.1) is 0 Å². The molecule has 0 bridgehead atoms. The van der Waals surface area contributed by atoms with Gasteiger partial charge >= 0.3 is 0 Å². The van der Waals surface area contributed by atoms with E-state index >= 15 is 0 Å². The number of H-pyrrole nitrogens is 1. The fraction of sp³-hybridized carbons (Fsp3) is 0.538. The number of aromatic amines is 1. The molecule has 8 heteroatoms.